The van der Waals surface area contributed by atoms with E-state index in [0.717, 1.165) is 45.6 Å². The van der Waals surface area contributed by atoms with Gasteiger partial charge in [-0.1, -0.05) is 19.9 Å². The number of pyridine rings is 1. The highest BCUT2D eigenvalue weighted by atomic mass is 32.1. The number of carbonyl (C=O) groups excluding carboxylic acids is 1. The van der Waals surface area contributed by atoms with Crippen LogP contribution in [0.4, 0.5) is 26.3 Å². The summed E-state index contributed by atoms with van der Waals surface area (Å²) in [5, 5.41) is 15.5. The molecule has 2 aliphatic heterocycles. The van der Waals surface area contributed by atoms with Gasteiger partial charge in [-0.15, -0.1) is 11.3 Å². The number of carboxylic acid groups (broad SMARTS) is 2. The molecule has 1 amide bonds. The fraction of sp³-hybridized carbons (Fsp3) is 0.560. The third-order valence-corrected chi connectivity index (χ3v) is 7.75. The van der Waals surface area contributed by atoms with E-state index in [-0.39, 0.29) is 11.3 Å². The Morgan fingerprint density at radius 2 is 1.59 bits per heavy atom. The first-order valence-electron chi connectivity index (χ1n) is 12.3. The number of alkyl halides is 6. The van der Waals surface area contributed by atoms with Crippen molar-refractivity contribution in [1.29, 1.82) is 0 Å². The molecule has 4 rings (SSSR count). The summed E-state index contributed by atoms with van der Waals surface area (Å²) in [5.41, 5.74) is 2.57. The van der Waals surface area contributed by atoms with Crippen molar-refractivity contribution in [3.05, 3.63) is 45.7 Å². The summed E-state index contributed by atoms with van der Waals surface area (Å²) < 4.78 is 63.5. The van der Waals surface area contributed by atoms with Gasteiger partial charge in [0.25, 0.3) is 0 Å². The van der Waals surface area contributed by atoms with Gasteiger partial charge in [-0.3, -0.25) is 14.7 Å². The molecule has 2 N–H and O–H groups in total. The van der Waals surface area contributed by atoms with Crippen molar-refractivity contribution in [2.45, 2.75) is 70.4 Å². The first kappa shape index (κ1) is 33.9. The van der Waals surface area contributed by atoms with Gasteiger partial charge < -0.3 is 15.1 Å². The van der Waals surface area contributed by atoms with E-state index < -0.39 is 24.3 Å². The van der Waals surface area contributed by atoms with Crippen molar-refractivity contribution in [3.8, 4) is 0 Å². The normalized spacial score (nSPS) is 16.7. The molecule has 9 nitrogen and oxygen atoms in total. The number of rotatable bonds is 3. The Morgan fingerprint density at radius 1 is 1.05 bits per heavy atom. The molecule has 0 unspecified atom stereocenters. The van der Waals surface area contributed by atoms with Gasteiger partial charge in [-0.25, -0.2) is 14.6 Å². The number of carbonyl (C=O) groups is 3. The maximum atomic E-state index is 12.2. The van der Waals surface area contributed by atoms with Crippen molar-refractivity contribution in [2.75, 3.05) is 19.6 Å². The standard InChI is InChI=1S/C21H28N4OS.2C2HF3O2/c1-15(2)20-23-19-18(27-20)13-25(16(3)26)14-21(19)6-9-24(10-7-21)12-17-5-4-8-22-11-17;2*3-2(4,5)1(6)7/h4-5,8,11,15H,6-7,9-10,12-14H2,1-3H3;2*(H,6,7). The first-order valence-corrected chi connectivity index (χ1v) is 13.1. The molecule has 0 radical (unpaired) electrons. The van der Waals surface area contributed by atoms with Crippen molar-refractivity contribution in [2.24, 2.45) is 0 Å². The number of hydrogen-bond acceptors (Lipinski definition) is 7. The Balaban J connectivity index is 0.000000349. The number of aromatic nitrogens is 2. The quantitative estimate of drug-likeness (QED) is 0.473. The average molecular weight is 613 g/mol. The fourth-order valence-electron chi connectivity index (χ4n) is 4.31. The summed E-state index contributed by atoms with van der Waals surface area (Å²) in [7, 11) is 0. The zero-order valence-electron chi connectivity index (χ0n) is 22.4. The third kappa shape index (κ3) is 9.66. The molecule has 0 aliphatic carbocycles. The van der Waals surface area contributed by atoms with Gasteiger partial charge in [-0.2, -0.15) is 26.3 Å². The number of halogens is 6. The molecule has 2 aromatic heterocycles. The van der Waals surface area contributed by atoms with Crippen LogP contribution in [0.5, 0.6) is 0 Å². The predicted octanol–water partition coefficient (Wildman–Crippen LogP) is 4.82. The molecule has 0 atom stereocenters. The number of carboxylic acids is 2. The number of likely N-dealkylation sites (tertiary alicyclic amines) is 1. The van der Waals surface area contributed by atoms with Crippen LogP contribution in [-0.4, -0.2) is 79.8 Å². The van der Waals surface area contributed by atoms with Gasteiger partial charge in [0.15, 0.2) is 0 Å². The molecule has 4 heterocycles. The van der Waals surface area contributed by atoms with E-state index in [1.54, 1.807) is 6.92 Å². The molecular weight excluding hydrogens is 582 g/mol. The van der Waals surface area contributed by atoms with Crippen LogP contribution < -0.4 is 0 Å². The highest BCUT2D eigenvalue weighted by Crippen LogP contribution is 2.44. The van der Waals surface area contributed by atoms with Crippen LogP contribution in [0, 0.1) is 0 Å². The Kier molecular flexibility index (Phi) is 11.3. The second-order valence-corrected chi connectivity index (χ2v) is 11.0. The van der Waals surface area contributed by atoms with Crippen molar-refractivity contribution in [1.82, 2.24) is 19.8 Å². The minimum atomic E-state index is -5.08. The largest absolute Gasteiger partial charge is 0.490 e. The highest BCUT2D eigenvalue weighted by Gasteiger charge is 2.45. The van der Waals surface area contributed by atoms with E-state index in [2.05, 4.69) is 29.8 Å². The minimum absolute atomic E-state index is 0.0222. The fourth-order valence-corrected chi connectivity index (χ4v) is 5.52. The maximum Gasteiger partial charge on any atom is 0.490 e. The molecule has 0 aromatic carbocycles. The number of nitrogens with zero attached hydrogens (tertiary/aromatic N) is 4. The molecule has 1 saturated heterocycles. The van der Waals surface area contributed by atoms with Crippen LogP contribution in [0.25, 0.3) is 0 Å². The van der Waals surface area contributed by atoms with E-state index in [1.807, 2.05) is 34.7 Å². The summed E-state index contributed by atoms with van der Waals surface area (Å²) in [4.78, 5) is 45.1. The molecule has 228 valence electrons. The summed E-state index contributed by atoms with van der Waals surface area (Å²) in [5.74, 6) is -4.90. The lowest BCUT2D eigenvalue weighted by atomic mass is 9.73. The molecule has 16 heteroatoms. The number of thiazole rings is 1. The van der Waals surface area contributed by atoms with Gasteiger partial charge in [0.2, 0.25) is 5.91 Å². The van der Waals surface area contributed by atoms with Crippen LogP contribution >= 0.6 is 11.3 Å². The monoisotopic (exact) mass is 612 g/mol. The van der Waals surface area contributed by atoms with E-state index in [4.69, 9.17) is 24.8 Å². The topological polar surface area (TPSA) is 124 Å². The second kappa shape index (κ2) is 13.6. The molecule has 0 bridgehead atoms. The SMILES string of the molecule is CC(=O)N1Cc2sc(C(C)C)nc2C2(CCN(Cc3cccnc3)CC2)C1.O=C(O)C(F)(F)F.O=C(O)C(F)(F)F. The molecule has 1 fully saturated rings. The summed E-state index contributed by atoms with van der Waals surface area (Å²) in [6.07, 6.45) is -4.27. The van der Waals surface area contributed by atoms with Crippen LogP contribution in [0.3, 0.4) is 0 Å². The van der Waals surface area contributed by atoms with Crippen LogP contribution in [0.2, 0.25) is 0 Å². The van der Waals surface area contributed by atoms with Gasteiger partial charge >= 0.3 is 24.3 Å². The second-order valence-electron chi connectivity index (χ2n) is 9.88. The predicted molar refractivity (Wildman–Crippen MR) is 135 cm³/mol. The summed E-state index contributed by atoms with van der Waals surface area (Å²) >= 11 is 1.81. The van der Waals surface area contributed by atoms with Crippen molar-refractivity contribution in [3.63, 3.8) is 0 Å². The summed E-state index contributed by atoms with van der Waals surface area (Å²) in [6.45, 7) is 10.7. The lowest BCUT2D eigenvalue weighted by molar-refractivity contribution is -0.193. The molecule has 2 aromatic rings. The van der Waals surface area contributed by atoms with Gasteiger partial charge in [0.05, 0.1) is 17.2 Å². The number of amides is 1. The van der Waals surface area contributed by atoms with Gasteiger partial charge in [0, 0.05) is 48.6 Å². The Hall–Kier alpha value is -3.27. The molecule has 2 aliphatic rings. The third-order valence-electron chi connectivity index (χ3n) is 6.41. The van der Waals surface area contributed by atoms with Gasteiger partial charge in [-0.05, 0) is 37.6 Å². The maximum absolute atomic E-state index is 12.2. The highest BCUT2D eigenvalue weighted by molar-refractivity contribution is 7.11. The van der Waals surface area contributed by atoms with E-state index >= 15 is 0 Å². The lowest BCUT2D eigenvalue weighted by Crippen LogP contribution is -2.52. The van der Waals surface area contributed by atoms with Crippen LogP contribution in [-0.2, 0) is 32.9 Å². The zero-order chi connectivity index (χ0) is 31.2. The van der Waals surface area contributed by atoms with E-state index in [1.165, 1.54) is 21.1 Å². The Morgan fingerprint density at radius 3 is 2.00 bits per heavy atom. The smallest absolute Gasteiger partial charge is 0.475 e. The van der Waals surface area contributed by atoms with E-state index in [0.29, 0.717) is 5.92 Å². The van der Waals surface area contributed by atoms with Crippen LogP contribution in [0.15, 0.2) is 24.5 Å². The Labute approximate surface area is 235 Å². The van der Waals surface area contributed by atoms with Gasteiger partial charge in [0.1, 0.15) is 0 Å². The van der Waals surface area contributed by atoms with Crippen LogP contribution in [0.1, 0.15) is 60.7 Å². The molecule has 41 heavy (non-hydrogen) atoms. The van der Waals surface area contributed by atoms with E-state index in [9.17, 15) is 31.1 Å². The molecule has 1 spiro atoms. The minimum Gasteiger partial charge on any atom is -0.475 e. The lowest BCUT2D eigenvalue weighted by Gasteiger charge is -2.46. The Bertz CT molecular complexity index is 1170. The van der Waals surface area contributed by atoms with Crippen molar-refractivity contribution >= 4 is 29.2 Å². The number of aliphatic carboxylic acids is 2. The number of piperidine rings is 1. The number of fused-ring (bicyclic) bond motifs is 2. The first-order chi connectivity index (χ1) is 18.9. The summed E-state index contributed by atoms with van der Waals surface area (Å²) in [6, 6.07) is 4.14. The average Bonchev–Trinajstić information content (AvgIpc) is 3.32. The number of hydrogen-bond donors (Lipinski definition) is 2. The molecular formula is C25H30F6N4O5S. The van der Waals surface area contributed by atoms with Crippen molar-refractivity contribution < 1.29 is 50.9 Å². The molecule has 0 saturated carbocycles. The zero-order valence-corrected chi connectivity index (χ0v) is 23.2.